The Kier molecular flexibility index (Phi) is 2.85. The van der Waals surface area contributed by atoms with Gasteiger partial charge in [-0.1, -0.05) is 18.2 Å². The molecule has 1 aliphatic heterocycles. The highest BCUT2D eigenvalue weighted by molar-refractivity contribution is 5.86. The van der Waals surface area contributed by atoms with Crippen molar-refractivity contribution in [1.82, 2.24) is 9.88 Å². The molecule has 0 aliphatic carbocycles. The maximum Gasteiger partial charge on any atom is 0.411 e. The van der Waals surface area contributed by atoms with E-state index in [2.05, 4.69) is 4.98 Å². The number of aromatic amines is 1. The van der Waals surface area contributed by atoms with E-state index in [1.807, 2.05) is 31.2 Å². The number of ether oxygens (including phenoxy) is 1. The van der Waals surface area contributed by atoms with Crippen molar-refractivity contribution in [2.24, 2.45) is 0 Å². The number of fused-ring (bicyclic) bond motifs is 1. The highest BCUT2D eigenvalue weighted by Crippen LogP contribution is 2.26. The Hall–Kier alpha value is -2.50. The summed E-state index contributed by atoms with van der Waals surface area (Å²) in [6.07, 6.45) is -0.581. The fourth-order valence-corrected chi connectivity index (χ4v) is 2.54. The number of carbonyl (C=O) groups excluding carboxylic acids is 1. The van der Waals surface area contributed by atoms with E-state index in [1.165, 1.54) is 4.90 Å². The minimum atomic E-state index is -1.05. The van der Waals surface area contributed by atoms with Gasteiger partial charge in [0.15, 0.2) is 6.04 Å². The molecular weight excluding hydrogens is 260 g/mol. The van der Waals surface area contributed by atoms with Gasteiger partial charge in [0.2, 0.25) is 0 Å². The number of rotatable bonds is 3. The molecule has 1 fully saturated rings. The van der Waals surface area contributed by atoms with Crippen LogP contribution in [0.25, 0.3) is 10.9 Å². The SMILES string of the molecule is Cc1[nH]c2ccccc2c1CN1C(=O)OCC1C(=O)O. The van der Waals surface area contributed by atoms with Crippen LogP contribution in [0.2, 0.25) is 0 Å². The zero-order valence-electron chi connectivity index (χ0n) is 10.9. The Bertz CT molecular complexity index is 692. The highest BCUT2D eigenvalue weighted by Gasteiger charge is 2.38. The lowest BCUT2D eigenvalue weighted by atomic mass is 10.1. The number of aromatic nitrogens is 1. The summed E-state index contributed by atoms with van der Waals surface area (Å²) < 4.78 is 4.84. The Balaban J connectivity index is 1.98. The van der Waals surface area contributed by atoms with Gasteiger partial charge in [-0.3, -0.25) is 4.90 Å². The number of benzene rings is 1. The summed E-state index contributed by atoms with van der Waals surface area (Å²) in [5.41, 5.74) is 2.82. The van der Waals surface area contributed by atoms with Gasteiger partial charge in [-0.15, -0.1) is 0 Å². The van der Waals surface area contributed by atoms with Crippen molar-refractivity contribution in [3.63, 3.8) is 0 Å². The Labute approximate surface area is 114 Å². The molecule has 6 nitrogen and oxygen atoms in total. The van der Waals surface area contributed by atoms with E-state index in [1.54, 1.807) is 0 Å². The molecule has 1 amide bonds. The summed E-state index contributed by atoms with van der Waals surface area (Å²) in [4.78, 5) is 27.3. The molecule has 0 radical (unpaired) electrons. The third-order valence-corrected chi connectivity index (χ3v) is 3.62. The van der Waals surface area contributed by atoms with Crippen LogP contribution < -0.4 is 0 Å². The molecular formula is C14H14N2O4. The summed E-state index contributed by atoms with van der Waals surface area (Å²) in [7, 11) is 0. The van der Waals surface area contributed by atoms with Crippen LogP contribution in [0.5, 0.6) is 0 Å². The van der Waals surface area contributed by atoms with E-state index < -0.39 is 18.1 Å². The number of nitrogens with one attached hydrogen (secondary N) is 1. The first-order chi connectivity index (χ1) is 9.58. The molecule has 3 rings (SSSR count). The predicted octanol–water partition coefficient (Wildman–Crippen LogP) is 1.88. The molecule has 0 spiro atoms. The van der Waals surface area contributed by atoms with Crippen LogP contribution in [0, 0.1) is 6.92 Å². The molecule has 2 aromatic rings. The first-order valence-corrected chi connectivity index (χ1v) is 6.30. The zero-order chi connectivity index (χ0) is 14.3. The van der Waals surface area contributed by atoms with E-state index in [-0.39, 0.29) is 13.2 Å². The van der Waals surface area contributed by atoms with Crippen molar-refractivity contribution in [2.75, 3.05) is 6.61 Å². The monoisotopic (exact) mass is 274 g/mol. The van der Waals surface area contributed by atoms with E-state index in [0.29, 0.717) is 0 Å². The molecule has 2 heterocycles. The van der Waals surface area contributed by atoms with Crippen LogP contribution in [0.1, 0.15) is 11.3 Å². The van der Waals surface area contributed by atoms with Crippen molar-refractivity contribution < 1.29 is 19.4 Å². The Morgan fingerprint density at radius 3 is 3.00 bits per heavy atom. The van der Waals surface area contributed by atoms with Crippen LogP contribution in [-0.2, 0) is 16.1 Å². The number of carbonyl (C=O) groups is 2. The average Bonchev–Trinajstić information content (AvgIpc) is 2.92. The molecule has 1 aliphatic rings. The molecule has 0 saturated carbocycles. The molecule has 20 heavy (non-hydrogen) atoms. The second kappa shape index (κ2) is 4.56. The zero-order valence-corrected chi connectivity index (χ0v) is 10.9. The van der Waals surface area contributed by atoms with Crippen molar-refractivity contribution in [1.29, 1.82) is 0 Å². The summed E-state index contributed by atoms with van der Waals surface area (Å²) in [6.45, 7) is 2.04. The maximum atomic E-state index is 11.7. The van der Waals surface area contributed by atoms with Gasteiger partial charge in [0.05, 0.1) is 6.54 Å². The molecule has 1 unspecified atom stereocenters. The van der Waals surface area contributed by atoms with Crippen molar-refractivity contribution in [2.45, 2.75) is 19.5 Å². The number of carboxylic acid groups (broad SMARTS) is 1. The fraction of sp³-hybridized carbons (Fsp3) is 0.286. The Morgan fingerprint density at radius 1 is 1.50 bits per heavy atom. The summed E-state index contributed by atoms with van der Waals surface area (Å²) in [6, 6.07) is 6.81. The minimum absolute atomic E-state index is 0.102. The number of hydrogen-bond donors (Lipinski definition) is 2. The topological polar surface area (TPSA) is 82.6 Å². The van der Waals surface area contributed by atoms with Crippen LogP contribution in [-0.4, -0.2) is 39.7 Å². The van der Waals surface area contributed by atoms with E-state index in [4.69, 9.17) is 9.84 Å². The molecule has 2 N–H and O–H groups in total. The number of para-hydroxylation sites is 1. The van der Waals surface area contributed by atoms with Gasteiger partial charge in [-0.2, -0.15) is 0 Å². The maximum absolute atomic E-state index is 11.7. The van der Waals surface area contributed by atoms with Gasteiger partial charge in [0, 0.05) is 16.6 Å². The number of amides is 1. The second-order valence-corrected chi connectivity index (χ2v) is 4.83. The summed E-state index contributed by atoms with van der Waals surface area (Å²) >= 11 is 0. The minimum Gasteiger partial charge on any atom is -0.480 e. The van der Waals surface area contributed by atoms with Crippen LogP contribution in [0.15, 0.2) is 24.3 Å². The first-order valence-electron chi connectivity index (χ1n) is 6.30. The number of carboxylic acids is 1. The van der Waals surface area contributed by atoms with Gasteiger partial charge in [0.1, 0.15) is 6.61 Å². The number of H-pyrrole nitrogens is 1. The molecule has 1 aromatic heterocycles. The lowest BCUT2D eigenvalue weighted by Gasteiger charge is -2.18. The molecule has 0 bridgehead atoms. The van der Waals surface area contributed by atoms with Gasteiger partial charge in [-0.25, -0.2) is 9.59 Å². The second-order valence-electron chi connectivity index (χ2n) is 4.83. The molecule has 1 atom stereocenters. The van der Waals surface area contributed by atoms with Gasteiger partial charge in [0.25, 0.3) is 0 Å². The summed E-state index contributed by atoms with van der Waals surface area (Å²) in [5.74, 6) is -1.05. The van der Waals surface area contributed by atoms with Gasteiger partial charge in [-0.05, 0) is 18.6 Å². The predicted molar refractivity (Wildman–Crippen MR) is 71.4 cm³/mol. The third kappa shape index (κ3) is 1.89. The van der Waals surface area contributed by atoms with Crippen molar-refractivity contribution >= 4 is 23.0 Å². The smallest absolute Gasteiger partial charge is 0.411 e. The van der Waals surface area contributed by atoms with E-state index in [0.717, 1.165) is 22.2 Å². The average molecular weight is 274 g/mol. The quantitative estimate of drug-likeness (QED) is 0.895. The van der Waals surface area contributed by atoms with E-state index in [9.17, 15) is 9.59 Å². The van der Waals surface area contributed by atoms with Crippen molar-refractivity contribution in [3.05, 3.63) is 35.5 Å². The number of aliphatic carboxylic acids is 1. The highest BCUT2D eigenvalue weighted by atomic mass is 16.6. The lowest BCUT2D eigenvalue weighted by Crippen LogP contribution is -2.38. The largest absolute Gasteiger partial charge is 0.480 e. The normalized spacial score (nSPS) is 18.6. The lowest BCUT2D eigenvalue weighted by molar-refractivity contribution is -0.141. The van der Waals surface area contributed by atoms with E-state index >= 15 is 0 Å². The van der Waals surface area contributed by atoms with Gasteiger partial charge < -0.3 is 14.8 Å². The number of aryl methyl sites for hydroxylation is 1. The standard InChI is InChI=1S/C14H14N2O4/c1-8-10(9-4-2-3-5-11(9)15-8)6-16-12(13(17)18)7-20-14(16)19/h2-5,12,15H,6-7H2,1H3,(H,17,18). The number of cyclic esters (lactones) is 1. The summed E-state index contributed by atoms with van der Waals surface area (Å²) in [5, 5.41) is 10.1. The third-order valence-electron chi connectivity index (χ3n) is 3.62. The van der Waals surface area contributed by atoms with Crippen LogP contribution in [0.4, 0.5) is 4.79 Å². The molecule has 6 heteroatoms. The molecule has 104 valence electrons. The molecule has 1 saturated heterocycles. The van der Waals surface area contributed by atoms with Gasteiger partial charge >= 0.3 is 12.1 Å². The van der Waals surface area contributed by atoms with Crippen molar-refractivity contribution in [3.8, 4) is 0 Å². The fourth-order valence-electron chi connectivity index (χ4n) is 2.54. The number of nitrogens with zero attached hydrogens (tertiary/aromatic N) is 1. The first kappa shape index (κ1) is 12.5. The number of hydrogen-bond acceptors (Lipinski definition) is 3. The Morgan fingerprint density at radius 2 is 2.25 bits per heavy atom. The van der Waals surface area contributed by atoms with Crippen LogP contribution >= 0.6 is 0 Å². The molecule has 1 aromatic carbocycles. The van der Waals surface area contributed by atoms with Crippen LogP contribution in [0.3, 0.4) is 0 Å².